The van der Waals surface area contributed by atoms with E-state index in [1.807, 2.05) is 23.9 Å². The minimum Gasteiger partial charge on any atom is -0.469 e. The number of benzene rings is 1. The number of halogens is 1. The van der Waals surface area contributed by atoms with Crippen molar-refractivity contribution in [2.45, 2.75) is 24.0 Å². The average Bonchev–Trinajstić information content (AvgIpc) is 2.54. The van der Waals surface area contributed by atoms with Crippen molar-refractivity contribution < 1.29 is 9.53 Å². The zero-order chi connectivity index (χ0) is 14.8. The Morgan fingerprint density at radius 2 is 2.00 bits per heavy atom. The molecule has 3 aliphatic heterocycles. The van der Waals surface area contributed by atoms with Gasteiger partial charge < -0.3 is 4.74 Å². The number of carbonyl (C=O) groups is 1. The predicted molar refractivity (Wildman–Crippen MR) is 86.3 cm³/mol. The van der Waals surface area contributed by atoms with E-state index in [0.29, 0.717) is 5.92 Å². The van der Waals surface area contributed by atoms with Gasteiger partial charge >= 0.3 is 5.97 Å². The monoisotopic (exact) mass is 325 g/mol. The second-order valence-electron chi connectivity index (χ2n) is 5.75. The molecule has 21 heavy (non-hydrogen) atoms. The first-order valence-electron chi connectivity index (χ1n) is 7.37. The number of fused-ring (bicyclic) bond motifs is 3. The van der Waals surface area contributed by atoms with Gasteiger partial charge in [0.1, 0.15) is 0 Å². The quantitative estimate of drug-likeness (QED) is 0.793. The van der Waals surface area contributed by atoms with Crippen LogP contribution in [0, 0.1) is 11.8 Å². The maximum atomic E-state index is 12.1. The predicted octanol–water partition coefficient (Wildman–Crippen LogP) is 3.41. The van der Waals surface area contributed by atoms with E-state index in [1.165, 1.54) is 12.7 Å². The molecule has 0 aliphatic carbocycles. The van der Waals surface area contributed by atoms with E-state index in [9.17, 15) is 4.79 Å². The fourth-order valence-electron chi connectivity index (χ4n) is 3.41. The Morgan fingerprint density at radius 1 is 1.33 bits per heavy atom. The van der Waals surface area contributed by atoms with Crippen molar-refractivity contribution in [3.8, 4) is 0 Å². The standard InChI is InChI=1S/C16H20ClNO2S/c1-20-16(19)14-12-6-8-18(9-7-12)15(14)21-10-11-2-4-13(17)5-3-11/h2-5,12,14-15H,6-10H2,1H3. The molecule has 0 saturated carbocycles. The molecule has 3 fully saturated rings. The Kier molecular flexibility index (Phi) is 4.77. The van der Waals surface area contributed by atoms with Crippen LogP contribution < -0.4 is 0 Å². The van der Waals surface area contributed by atoms with Gasteiger partial charge in [0.25, 0.3) is 0 Å². The van der Waals surface area contributed by atoms with E-state index in [4.69, 9.17) is 16.3 Å². The summed E-state index contributed by atoms with van der Waals surface area (Å²) in [6, 6.07) is 7.95. The van der Waals surface area contributed by atoms with Crippen LogP contribution in [0.1, 0.15) is 18.4 Å². The summed E-state index contributed by atoms with van der Waals surface area (Å²) < 4.78 is 5.04. The number of esters is 1. The number of piperidine rings is 3. The van der Waals surface area contributed by atoms with Crippen molar-refractivity contribution in [3.05, 3.63) is 34.9 Å². The van der Waals surface area contributed by atoms with Gasteiger partial charge in [0.15, 0.2) is 0 Å². The summed E-state index contributed by atoms with van der Waals surface area (Å²) in [5.74, 6) is 1.37. The number of ether oxygens (including phenoxy) is 1. The Balaban J connectivity index is 1.69. The fourth-order valence-corrected chi connectivity index (χ4v) is 5.05. The van der Waals surface area contributed by atoms with Gasteiger partial charge in [-0.25, -0.2) is 0 Å². The summed E-state index contributed by atoms with van der Waals surface area (Å²) in [4.78, 5) is 14.6. The highest BCUT2D eigenvalue weighted by molar-refractivity contribution is 7.99. The average molecular weight is 326 g/mol. The summed E-state index contributed by atoms with van der Waals surface area (Å²) in [6.07, 6.45) is 2.25. The molecular weight excluding hydrogens is 306 g/mol. The van der Waals surface area contributed by atoms with Gasteiger partial charge in [-0.15, -0.1) is 11.8 Å². The van der Waals surface area contributed by atoms with Crippen LogP contribution in [0.2, 0.25) is 5.02 Å². The van der Waals surface area contributed by atoms with Gasteiger partial charge in [-0.05, 0) is 49.5 Å². The maximum absolute atomic E-state index is 12.1. The Labute approximate surface area is 135 Å². The molecule has 0 N–H and O–H groups in total. The minimum atomic E-state index is -0.0435. The van der Waals surface area contributed by atoms with Gasteiger partial charge in [0, 0.05) is 10.8 Å². The number of carbonyl (C=O) groups excluding carboxylic acids is 1. The van der Waals surface area contributed by atoms with E-state index >= 15 is 0 Å². The number of hydrogen-bond acceptors (Lipinski definition) is 4. The Morgan fingerprint density at radius 3 is 2.62 bits per heavy atom. The van der Waals surface area contributed by atoms with Crippen molar-refractivity contribution in [3.63, 3.8) is 0 Å². The molecular formula is C16H20ClNO2S. The summed E-state index contributed by atoms with van der Waals surface area (Å²) in [7, 11) is 1.50. The molecule has 0 spiro atoms. The molecule has 5 heteroatoms. The zero-order valence-electron chi connectivity index (χ0n) is 12.1. The van der Waals surface area contributed by atoms with Crippen molar-refractivity contribution in [1.29, 1.82) is 0 Å². The van der Waals surface area contributed by atoms with Crippen molar-refractivity contribution in [1.82, 2.24) is 4.90 Å². The van der Waals surface area contributed by atoms with Crippen LogP contribution in [0.4, 0.5) is 0 Å². The lowest BCUT2D eigenvalue weighted by atomic mass is 9.79. The summed E-state index contributed by atoms with van der Waals surface area (Å²) in [6.45, 7) is 2.22. The Hall–Kier alpha value is -0.710. The van der Waals surface area contributed by atoms with Crippen LogP contribution >= 0.6 is 23.4 Å². The topological polar surface area (TPSA) is 29.5 Å². The van der Waals surface area contributed by atoms with Crippen molar-refractivity contribution >= 4 is 29.3 Å². The van der Waals surface area contributed by atoms with Crippen LogP contribution in [0.3, 0.4) is 0 Å². The molecule has 4 rings (SSSR count). The molecule has 1 aromatic rings. The molecule has 3 heterocycles. The molecule has 114 valence electrons. The van der Waals surface area contributed by atoms with Crippen LogP contribution in [0.25, 0.3) is 0 Å². The fraction of sp³-hybridized carbons (Fsp3) is 0.562. The lowest BCUT2D eigenvalue weighted by Crippen LogP contribution is -2.55. The van der Waals surface area contributed by atoms with Crippen molar-refractivity contribution in [2.75, 3.05) is 20.2 Å². The van der Waals surface area contributed by atoms with E-state index in [1.54, 1.807) is 0 Å². The molecule has 0 radical (unpaired) electrons. The molecule has 1 aromatic carbocycles. The van der Waals surface area contributed by atoms with Gasteiger partial charge in [0.2, 0.25) is 0 Å². The molecule has 3 aliphatic rings. The molecule has 2 unspecified atom stereocenters. The van der Waals surface area contributed by atoms with E-state index in [-0.39, 0.29) is 17.3 Å². The van der Waals surface area contributed by atoms with Crippen LogP contribution in [0.15, 0.2) is 24.3 Å². The largest absolute Gasteiger partial charge is 0.469 e. The smallest absolute Gasteiger partial charge is 0.311 e. The van der Waals surface area contributed by atoms with Gasteiger partial charge in [0.05, 0.1) is 18.4 Å². The van der Waals surface area contributed by atoms with Crippen LogP contribution in [0.5, 0.6) is 0 Å². The Bertz CT molecular complexity index is 500. The molecule has 3 saturated heterocycles. The maximum Gasteiger partial charge on any atom is 0.311 e. The van der Waals surface area contributed by atoms with E-state index in [0.717, 1.165) is 36.7 Å². The van der Waals surface area contributed by atoms with Gasteiger partial charge in [-0.1, -0.05) is 23.7 Å². The third kappa shape index (κ3) is 3.22. The summed E-state index contributed by atoms with van der Waals surface area (Å²) >= 11 is 7.77. The first-order valence-corrected chi connectivity index (χ1v) is 8.79. The van der Waals surface area contributed by atoms with E-state index in [2.05, 4.69) is 17.0 Å². The number of nitrogens with zero attached hydrogens (tertiary/aromatic N) is 1. The lowest BCUT2D eigenvalue weighted by molar-refractivity contribution is -0.153. The number of hydrogen-bond donors (Lipinski definition) is 0. The lowest BCUT2D eigenvalue weighted by Gasteiger charge is -2.49. The normalized spacial score (nSPS) is 31.1. The second kappa shape index (κ2) is 6.59. The number of methoxy groups -OCH3 is 1. The second-order valence-corrected chi connectivity index (χ2v) is 7.29. The highest BCUT2D eigenvalue weighted by Gasteiger charge is 2.46. The number of rotatable bonds is 4. The van der Waals surface area contributed by atoms with Crippen LogP contribution in [-0.4, -0.2) is 36.4 Å². The highest BCUT2D eigenvalue weighted by Crippen LogP contribution is 2.43. The first kappa shape index (κ1) is 15.2. The third-order valence-electron chi connectivity index (χ3n) is 4.56. The molecule has 3 nitrogen and oxygen atoms in total. The first-order chi connectivity index (χ1) is 10.2. The van der Waals surface area contributed by atoms with Crippen LogP contribution in [-0.2, 0) is 15.3 Å². The zero-order valence-corrected chi connectivity index (χ0v) is 13.7. The highest BCUT2D eigenvalue weighted by atomic mass is 35.5. The molecule has 0 amide bonds. The van der Waals surface area contributed by atoms with Gasteiger partial charge in [-0.2, -0.15) is 0 Å². The number of thioether (sulfide) groups is 1. The van der Waals surface area contributed by atoms with E-state index < -0.39 is 0 Å². The minimum absolute atomic E-state index is 0.0230. The molecule has 2 bridgehead atoms. The molecule has 2 atom stereocenters. The van der Waals surface area contributed by atoms with Crippen molar-refractivity contribution in [2.24, 2.45) is 11.8 Å². The van der Waals surface area contributed by atoms with Gasteiger partial charge in [-0.3, -0.25) is 9.69 Å². The molecule has 0 aromatic heterocycles. The summed E-state index contributed by atoms with van der Waals surface area (Å²) in [5, 5.41) is 1.01. The summed E-state index contributed by atoms with van der Waals surface area (Å²) in [5.41, 5.74) is 1.25. The SMILES string of the molecule is COC(=O)C1C2CCN(CC2)C1SCc1ccc(Cl)cc1. The third-order valence-corrected chi connectivity index (χ3v) is 6.24.